The fourth-order valence-corrected chi connectivity index (χ4v) is 4.62. The number of amides is 3. The maximum atomic E-state index is 13.0. The van der Waals surface area contributed by atoms with E-state index in [0.29, 0.717) is 42.4 Å². The molecule has 5 rings (SSSR count). The van der Waals surface area contributed by atoms with Crippen LogP contribution in [-0.2, 0) is 4.74 Å². The van der Waals surface area contributed by atoms with Crippen molar-refractivity contribution in [1.82, 2.24) is 19.4 Å². The first kappa shape index (κ1) is 19.0. The van der Waals surface area contributed by atoms with Crippen LogP contribution in [0, 0.1) is 0 Å². The Morgan fingerprint density at radius 2 is 1.90 bits per heavy atom. The van der Waals surface area contributed by atoms with Gasteiger partial charge in [0.2, 0.25) is 0 Å². The van der Waals surface area contributed by atoms with E-state index >= 15 is 0 Å². The van der Waals surface area contributed by atoms with Crippen molar-refractivity contribution in [2.24, 2.45) is 0 Å². The van der Waals surface area contributed by atoms with Gasteiger partial charge in [-0.1, -0.05) is 0 Å². The molecule has 3 aliphatic rings. The molecule has 0 saturated carbocycles. The van der Waals surface area contributed by atoms with E-state index in [0.717, 1.165) is 25.7 Å². The Morgan fingerprint density at radius 3 is 2.60 bits per heavy atom. The summed E-state index contributed by atoms with van der Waals surface area (Å²) in [5, 5.41) is 0. The van der Waals surface area contributed by atoms with Crippen LogP contribution in [0.3, 0.4) is 0 Å². The lowest BCUT2D eigenvalue weighted by Gasteiger charge is -2.32. The third kappa shape index (κ3) is 3.31. The summed E-state index contributed by atoms with van der Waals surface area (Å²) >= 11 is 0. The molecule has 1 aromatic carbocycles. The monoisotopic (exact) mass is 408 g/mol. The number of aromatic nitrogens is 2. The highest BCUT2D eigenvalue weighted by Crippen LogP contribution is 2.28. The summed E-state index contributed by atoms with van der Waals surface area (Å²) in [4.78, 5) is 45.7. The van der Waals surface area contributed by atoms with Crippen molar-refractivity contribution in [2.45, 2.75) is 37.8 Å². The minimum absolute atomic E-state index is 0.0925. The molecule has 1 atom stereocenters. The molecule has 0 N–H and O–H groups in total. The second-order valence-electron chi connectivity index (χ2n) is 8.15. The van der Waals surface area contributed by atoms with E-state index in [1.54, 1.807) is 24.4 Å². The summed E-state index contributed by atoms with van der Waals surface area (Å²) < 4.78 is 7.66. The van der Waals surface area contributed by atoms with Gasteiger partial charge in [-0.15, -0.1) is 0 Å². The quantitative estimate of drug-likeness (QED) is 0.724. The lowest BCUT2D eigenvalue weighted by molar-refractivity contribution is 0.0475. The molecule has 0 radical (unpaired) electrons. The zero-order chi connectivity index (χ0) is 20.7. The SMILES string of the molecule is O=C(c1ccc2c(c1)C(=O)N(CC1CCCO1)C2=O)N1CCC(n2ccnc2)CC1. The Morgan fingerprint density at radius 1 is 1.10 bits per heavy atom. The Bertz CT molecular complexity index is 973. The van der Waals surface area contributed by atoms with Crippen LogP contribution < -0.4 is 0 Å². The predicted octanol–water partition coefficient (Wildman–Crippen LogP) is 2.14. The molecule has 2 saturated heterocycles. The van der Waals surface area contributed by atoms with Crippen LogP contribution in [0.5, 0.6) is 0 Å². The molecule has 30 heavy (non-hydrogen) atoms. The van der Waals surface area contributed by atoms with E-state index in [-0.39, 0.29) is 30.4 Å². The number of carbonyl (C=O) groups is 3. The average molecular weight is 408 g/mol. The van der Waals surface area contributed by atoms with Crippen LogP contribution in [0.25, 0.3) is 0 Å². The molecule has 156 valence electrons. The van der Waals surface area contributed by atoms with E-state index in [1.807, 2.05) is 17.4 Å². The number of ether oxygens (including phenoxy) is 1. The van der Waals surface area contributed by atoms with Crippen LogP contribution in [-0.4, -0.2) is 69.4 Å². The molecule has 1 unspecified atom stereocenters. The minimum Gasteiger partial charge on any atom is -0.376 e. The summed E-state index contributed by atoms with van der Waals surface area (Å²) in [7, 11) is 0. The van der Waals surface area contributed by atoms with E-state index in [1.165, 1.54) is 4.90 Å². The van der Waals surface area contributed by atoms with Gasteiger partial charge in [-0.3, -0.25) is 19.3 Å². The molecule has 8 heteroatoms. The molecule has 0 bridgehead atoms. The Labute approximate surface area is 174 Å². The normalized spacial score (nSPS) is 22.1. The molecule has 0 aliphatic carbocycles. The van der Waals surface area contributed by atoms with Crippen molar-refractivity contribution in [3.05, 3.63) is 53.6 Å². The minimum atomic E-state index is -0.334. The summed E-state index contributed by atoms with van der Waals surface area (Å²) in [5.74, 6) is -0.732. The molecular weight excluding hydrogens is 384 g/mol. The van der Waals surface area contributed by atoms with E-state index in [9.17, 15) is 14.4 Å². The first-order valence-corrected chi connectivity index (χ1v) is 10.5. The van der Waals surface area contributed by atoms with Gasteiger partial charge in [0.1, 0.15) is 0 Å². The third-order valence-corrected chi connectivity index (χ3v) is 6.33. The molecule has 4 heterocycles. The van der Waals surface area contributed by atoms with Crippen LogP contribution in [0.2, 0.25) is 0 Å². The fourth-order valence-electron chi connectivity index (χ4n) is 4.62. The standard InChI is InChI=1S/C22H24N4O4/c27-20(24-8-5-16(6-9-24)25-10-7-23-14-25)15-3-4-18-19(12-15)22(29)26(21(18)28)13-17-2-1-11-30-17/h3-4,7,10,12,14,16-17H,1-2,5-6,8-9,11,13H2. The largest absolute Gasteiger partial charge is 0.376 e. The second kappa shape index (κ2) is 7.68. The lowest BCUT2D eigenvalue weighted by atomic mass is 10.0. The lowest BCUT2D eigenvalue weighted by Crippen LogP contribution is -2.39. The van der Waals surface area contributed by atoms with E-state index < -0.39 is 0 Å². The number of imide groups is 1. The number of hydrogen-bond donors (Lipinski definition) is 0. The summed E-state index contributed by atoms with van der Waals surface area (Å²) in [6.07, 6.45) is 8.96. The molecule has 8 nitrogen and oxygen atoms in total. The highest BCUT2D eigenvalue weighted by molar-refractivity contribution is 6.22. The van der Waals surface area contributed by atoms with Gasteiger partial charge in [0.15, 0.2) is 0 Å². The predicted molar refractivity (Wildman–Crippen MR) is 107 cm³/mol. The maximum Gasteiger partial charge on any atom is 0.261 e. The van der Waals surface area contributed by atoms with Gasteiger partial charge in [0, 0.05) is 43.7 Å². The summed E-state index contributed by atoms with van der Waals surface area (Å²) in [5.41, 5.74) is 1.14. The number of benzene rings is 1. The zero-order valence-electron chi connectivity index (χ0n) is 16.7. The molecular formula is C22H24N4O4. The van der Waals surface area contributed by atoms with E-state index in [2.05, 4.69) is 9.55 Å². The van der Waals surface area contributed by atoms with Crippen molar-refractivity contribution in [3.63, 3.8) is 0 Å². The van der Waals surface area contributed by atoms with Gasteiger partial charge in [0.05, 0.1) is 30.1 Å². The topological polar surface area (TPSA) is 84.7 Å². The highest BCUT2D eigenvalue weighted by atomic mass is 16.5. The number of likely N-dealkylation sites (tertiary alicyclic amines) is 1. The average Bonchev–Trinajstić information content (AvgIpc) is 3.53. The van der Waals surface area contributed by atoms with Gasteiger partial charge in [-0.2, -0.15) is 0 Å². The zero-order valence-corrected chi connectivity index (χ0v) is 16.7. The maximum absolute atomic E-state index is 13.0. The van der Waals surface area contributed by atoms with Crippen molar-refractivity contribution in [1.29, 1.82) is 0 Å². The number of carbonyl (C=O) groups excluding carboxylic acids is 3. The number of rotatable bonds is 4. The third-order valence-electron chi connectivity index (χ3n) is 6.33. The smallest absolute Gasteiger partial charge is 0.261 e. The number of fused-ring (bicyclic) bond motifs is 1. The molecule has 0 spiro atoms. The number of nitrogens with zero attached hydrogens (tertiary/aromatic N) is 4. The number of piperidine rings is 1. The number of hydrogen-bond acceptors (Lipinski definition) is 5. The Hall–Kier alpha value is -3.00. The van der Waals surface area contributed by atoms with Crippen molar-refractivity contribution < 1.29 is 19.1 Å². The molecule has 2 aromatic rings. The van der Waals surface area contributed by atoms with Crippen molar-refractivity contribution >= 4 is 17.7 Å². The van der Waals surface area contributed by atoms with Crippen LogP contribution in [0.1, 0.15) is 62.8 Å². The molecule has 3 amide bonds. The first-order chi connectivity index (χ1) is 14.6. The Balaban J connectivity index is 1.28. The van der Waals surface area contributed by atoms with Crippen LogP contribution in [0.15, 0.2) is 36.9 Å². The first-order valence-electron chi connectivity index (χ1n) is 10.5. The summed E-state index contributed by atoms with van der Waals surface area (Å²) in [6.45, 7) is 2.25. The van der Waals surface area contributed by atoms with Gasteiger partial charge in [-0.05, 0) is 43.9 Å². The number of imidazole rings is 1. The molecule has 1 aromatic heterocycles. The highest BCUT2D eigenvalue weighted by Gasteiger charge is 2.38. The summed E-state index contributed by atoms with van der Waals surface area (Å²) in [6, 6.07) is 5.19. The Kier molecular flexibility index (Phi) is 4.86. The van der Waals surface area contributed by atoms with Gasteiger partial charge < -0.3 is 14.2 Å². The van der Waals surface area contributed by atoms with Gasteiger partial charge in [-0.25, -0.2) is 4.98 Å². The van der Waals surface area contributed by atoms with Crippen LogP contribution >= 0.6 is 0 Å². The van der Waals surface area contributed by atoms with Crippen LogP contribution in [0.4, 0.5) is 0 Å². The van der Waals surface area contributed by atoms with Crippen molar-refractivity contribution in [3.8, 4) is 0 Å². The fraction of sp³-hybridized carbons (Fsp3) is 0.455. The van der Waals surface area contributed by atoms with E-state index in [4.69, 9.17) is 4.74 Å². The molecule has 2 fully saturated rings. The van der Waals surface area contributed by atoms with Gasteiger partial charge in [0.25, 0.3) is 17.7 Å². The van der Waals surface area contributed by atoms with Gasteiger partial charge >= 0.3 is 0 Å². The van der Waals surface area contributed by atoms with Crippen molar-refractivity contribution in [2.75, 3.05) is 26.2 Å². The second-order valence-corrected chi connectivity index (χ2v) is 8.15. The molecule has 3 aliphatic heterocycles.